The van der Waals surface area contributed by atoms with Gasteiger partial charge < -0.3 is 0 Å². The van der Waals surface area contributed by atoms with Gasteiger partial charge in [-0.25, -0.2) is 0 Å². The Hall–Kier alpha value is 0.332. The van der Waals surface area contributed by atoms with Gasteiger partial charge in [0.1, 0.15) is 0 Å². The Bertz CT molecular complexity index is 49.7. The maximum atomic E-state index is 8.25. The Balaban J connectivity index is -0.0000000257. The second-order valence-corrected chi connectivity index (χ2v) is 0.289. The molecule has 0 aliphatic heterocycles. The molecule has 0 fully saturated rings. The summed E-state index contributed by atoms with van der Waals surface area (Å²) >= 11 is 0. The van der Waals surface area contributed by atoms with Gasteiger partial charge in [0.05, 0.1) is 0 Å². The molecule has 10 heteroatoms. The van der Waals surface area contributed by atoms with Crippen LogP contribution in [0.25, 0.3) is 0 Å². The van der Waals surface area contributed by atoms with Crippen molar-refractivity contribution in [1.29, 1.82) is 0 Å². The van der Waals surface area contributed by atoms with Crippen LogP contribution in [0.15, 0.2) is 0 Å². The average molecular weight is 279 g/mol. The van der Waals surface area contributed by atoms with Crippen LogP contribution in [0, 0.1) is 40.4 Å². The Labute approximate surface area is 91.0 Å². The minimum Gasteiger partial charge on any atom is 3.00 e. The molecular formula is B3O6Sm. The first-order valence-corrected chi connectivity index (χ1v) is 1.41. The second kappa shape index (κ2) is 58.3. The van der Waals surface area contributed by atoms with Crippen LogP contribution in [0.1, 0.15) is 0 Å². The third-order valence-corrected chi connectivity index (χ3v) is 0. The van der Waals surface area contributed by atoms with Crippen LogP contribution in [0.2, 0.25) is 0 Å². The van der Waals surface area contributed by atoms with Crippen molar-refractivity contribution >= 4 is 22.1 Å². The van der Waals surface area contributed by atoms with E-state index < -0.39 is 22.1 Å². The van der Waals surface area contributed by atoms with Gasteiger partial charge in [-0.05, 0) is 0 Å². The minimum absolute atomic E-state index is 0. The molecule has 0 saturated carbocycles. The van der Waals surface area contributed by atoms with Gasteiger partial charge in [-0.2, -0.15) is 0 Å². The quantitative estimate of drug-likeness (QED) is 0.409. The van der Waals surface area contributed by atoms with E-state index in [0.717, 1.165) is 0 Å². The van der Waals surface area contributed by atoms with E-state index in [0.29, 0.717) is 0 Å². The van der Waals surface area contributed by atoms with Crippen LogP contribution in [0.3, 0.4) is 0 Å². The van der Waals surface area contributed by atoms with Gasteiger partial charge in [0.25, 0.3) is 0 Å². The van der Waals surface area contributed by atoms with Gasteiger partial charge in [0.2, 0.25) is 0 Å². The van der Waals surface area contributed by atoms with Crippen molar-refractivity contribution in [3.63, 3.8) is 0 Å². The van der Waals surface area contributed by atoms with Gasteiger partial charge in [0, 0.05) is 0 Å². The number of hydrogen-bond donors (Lipinski definition) is 0. The number of hydrogen-bond acceptors (Lipinski definition) is 6. The normalized spacial score (nSPS) is 2.40. The van der Waals surface area contributed by atoms with E-state index >= 15 is 0 Å². The van der Waals surface area contributed by atoms with Crippen molar-refractivity contribution < 1.29 is 69.6 Å². The second-order valence-electron chi connectivity index (χ2n) is 0.289. The summed E-state index contributed by atoms with van der Waals surface area (Å²) in [5, 5.41) is 24.8. The molecule has 0 rings (SSSR count). The molecule has 0 unspecified atom stereocenters. The van der Waals surface area contributed by atoms with E-state index in [2.05, 4.69) is 0 Å². The average Bonchev–Trinajstić information content (AvgIpc) is 1.70. The fraction of sp³-hybridized carbons (Fsp3) is 0. The predicted molar refractivity (Wildman–Crippen MR) is 19.3 cm³/mol. The molecule has 10 heavy (non-hydrogen) atoms. The Morgan fingerprint density at radius 2 is 0.700 bits per heavy atom. The third kappa shape index (κ3) is 4050. The molecule has 0 aliphatic carbocycles. The molecule has 0 spiro atoms. The summed E-state index contributed by atoms with van der Waals surface area (Å²) in [6, 6.07) is 0. The molecule has 0 saturated heterocycles. The molecule has 0 heterocycles. The molecular weight excluding hydrogens is 279 g/mol. The monoisotopic (exact) mass is 281 g/mol. The van der Waals surface area contributed by atoms with E-state index in [1.165, 1.54) is 0 Å². The zero-order valence-electron chi connectivity index (χ0n) is 4.59. The van der Waals surface area contributed by atoms with Gasteiger partial charge in [-0.1, -0.05) is 0 Å². The van der Waals surface area contributed by atoms with Crippen LogP contribution in [0.4, 0.5) is 0 Å². The Morgan fingerprint density at radius 3 is 0.700 bits per heavy atom. The van der Waals surface area contributed by atoms with E-state index in [4.69, 9.17) is 29.2 Å². The van der Waals surface area contributed by atoms with Crippen molar-refractivity contribution in [2.45, 2.75) is 0 Å². The Kier molecular flexibility index (Phi) is 131. The molecule has 0 atom stereocenters. The van der Waals surface area contributed by atoms with Crippen molar-refractivity contribution in [3.8, 4) is 0 Å². The maximum absolute atomic E-state index is 8.25. The molecule has 51 valence electrons. The summed E-state index contributed by atoms with van der Waals surface area (Å²) in [5.74, 6) is 0. The van der Waals surface area contributed by atoms with Crippen molar-refractivity contribution in [2.75, 3.05) is 0 Å². The zero-order chi connectivity index (χ0) is 8.12. The predicted octanol–water partition coefficient (Wildman–Crippen LogP) is -5.07. The van der Waals surface area contributed by atoms with Crippen LogP contribution < -0.4 is 15.1 Å². The topological polar surface area (TPSA) is 120 Å². The van der Waals surface area contributed by atoms with E-state index in [1.54, 1.807) is 0 Å². The zero-order valence-corrected chi connectivity index (χ0v) is 7.21. The first-order valence-electron chi connectivity index (χ1n) is 1.41. The minimum atomic E-state index is -0.500. The van der Waals surface area contributed by atoms with Crippen LogP contribution in [0.5, 0.6) is 0 Å². The molecule has 0 amide bonds. The summed E-state index contributed by atoms with van der Waals surface area (Å²) in [6.45, 7) is 0. The van der Waals surface area contributed by atoms with Crippen molar-refractivity contribution in [3.05, 3.63) is 0 Å². The van der Waals surface area contributed by atoms with Crippen LogP contribution >= 0.6 is 0 Å². The molecule has 0 aromatic carbocycles. The standard InChI is InChI=1S/3BO2.Sm/c3*2-1-3;/q3*-1;+3. The Morgan fingerprint density at radius 1 is 0.700 bits per heavy atom. The molecule has 1 radical (unpaired) electrons. The summed E-state index contributed by atoms with van der Waals surface area (Å²) in [5.41, 5.74) is 0. The summed E-state index contributed by atoms with van der Waals surface area (Å²) in [4.78, 5) is 0. The van der Waals surface area contributed by atoms with Gasteiger partial charge in [-0.3, -0.25) is 0 Å². The number of rotatable bonds is 0. The molecule has 0 aromatic rings. The van der Waals surface area contributed by atoms with Crippen LogP contribution in [-0.4, -0.2) is 22.1 Å². The van der Waals surface area contributed by atoms with E-state index in [1.807, 2.05) is 0 Å². The van der Waals surface area contributed by atoms with Crippen molar-refractivity contribution in [1.82, 2.24) is 0 Å². The van der Waals surface area contributed by atoms with Crippen LogP contribution in [-0.2, 0) is 14.1 Å². The maximum Gasteiger partial charge on any atom is 3.00 e. The molecule has 0 N–H and O–H groups in total. The summed E-state index contributed by atoms with van der Waals surface area (Å²) < 4.78 is 24.8. The molecule has 0 bridgehead atoms. The van der Waals surface area contributed by atoms with Gasteiger partial charge in [-0.15, -0.1) is 0 Å². The first-order chi connectivity index (χ1) is 4.24. The van der Waals surface area contributed by atoms with E-state index in [-0.39, 0.29) is 40.4 Å². The smallest absolute Gasteiger partial charge is 3.00 e. The largest absolute Gasteiger partial charge is 3.00 e. The molecule has 0 aromatic heterocycles. The van der Waals surface area contributed by atoms with E-state index in [9.17, 15) is 0 Å². The van der Waals surface area contributed by atoms with Gasteiger partial charge >= 0.3 is 91.6 Å². The summed E-state index contributed by atoms with van der Waals surface area (Å²) in [7, 11) is -1.50. The summed E-state index contributed by atoms with van der Waals surface area (Å²) in [6.07, 6.45) is 0. The molecule has 6 nitrogen and oxygen atoms in total. The third-order valence-electron chi connectivity index (χ3n) is 0. The fourth-order valence-corrected chi connectivity index (χ4v) is 0. The fourth-order valence-electron chi connectivity index (χ4n) is 0. The SMILES string of the molecule is O=B[O-].O=B[O-].O=B[O-].[Sm+3]. The molecule has 0 aliphatic rings. The first kappa shape index (κ1) is 22.4. The van der Waals surface area contributed by atoms with Gasteiger partial charge in [0.15, 0.2) is 0 Å². The van der Waals surface area contributed by atoms with Crippen molar-refractivity contribution in [2.24, 2.45) is 0 Å².